The summed E-state index contributed by atoms with van der Waals surface area (Å²) in [7, 11) is 0. The first-order chi connectivity index (χ1) is 11.4. The molecule has 0 fully saturated rings. The van der Waals surface area contributed by atoms with Crippen molar-refractivity contribution in [2.24, 2.45) is 0 Å². The van der Waals surface area contributed by atoms with Gasteiger partial charge in [0.15, 0.2) is 5.16 Å². The van der Waals surface area contributed by atoms with E-state index in [1.54, 1.807) is 6.92 Å². The zero-order chi connectivity index (χ0) is 17.3. The number of thiophene rings is 1. The van der Waals surface area contributed by atoms with Crippen LogP contribution in [0, 0.1) is 11.6 Å². The molecule has 3 rings (SSSR count). The molecular weight excluding hydrogens is 354 g/mol. The van der Waals surface area contributed by atoms with E-state index in [1.807, 2.05) is 11.4 Å². The van der Waals surface area contributed by atoms with E-state index >= 15 is 0 Å². The third-order valence-electron chi connectivity index (χ3n) is 3.17. The first-order valence-corrected chi connectivity index (χ1v) is 8.63. The molecule has 3 aromatic rings. The van der Waals surface area contributed by atoms with Crippen LogP contribution in [0.25, 0.3) is 10.2 Å². The molecule has 1 unspecified atom stereocenters. The number of anilines is 2. The average Bonchev–Trinajstić information content (AvgIpc) is 2.99. The highest BCUT2D eigenvalue weighted by atomic mass is 32.2. The summed E-state index contributed by atoms with van der Waals surface area (Å²) in [6.07, 6.45) is 0. The Morgan fingerprint density at radius 3 is 2.92 bits per heavy atom. The first-order valence-electron chi connectivity index (χ1n) is 6.87. The third-order valence-corrected chi connectivity index (χ3v) is 4.94. The van der Waals surface area contributed by atoms with Gasteiger partial charge in [-0.3, -0.25) is 4.79 Å². The number of halogens is 2. The number of nitrogens with two attached hydrogens (primary N) is 1. The molecule has 124 valence electrons. The van der Waals surface area contributed by atoms with Gasteiger partial charge >= 0.3 is 0 Å². The van der Waals surface area contributed by atoms with Crippen LogP contribution in [0.4, 0.5) is 20.3 Å². The smallest absolute Gasteiger partial charge is 0.237 e. The predicted molar refractivity (Wildman–Crippen MR) is 92.1 cm³/mol. The summed E-state index contributed by atoms with van der Waals surface area (Å²) in [4.78, 5) is 21.4. The van der Waals surface area contributed by atoms with Crippen molar-refractivity contribution in [2.45, 2.75) is 17.3 Å². The molecule has 1 amide bonds. The fourth-order valence-electron chi connectivity index (χ4n) is 1.95. The Kier molecular flexibility index (Phi) is 4.63. The van der Waals surface area contributed by atoms with E-state index < -0.39 is 22.8 Å². The summed E-state index contributed by atoms with van der Waals surface area (Å²) in [5.41, 5.74) is 5.66. The van der Waals surface area contributed by atoms with Gasteiger partial charge in [-0.2, -0.15) is 0 Å². The molecule has 0 bridgehead atoms. The van der Waals surface area contributed by atoms with Gasteiger partial charge in [-0.05, 0) is 30.5 Å². The number of benzene rings is 1. The van der Waals surface area contributed by atoms with Gasteiger partial charge in [0.25, 0.3) is 0 Å². The molecule has 2 aromatic heterocycles. The van der Waals surface area contributed by atoms with Gasteiger partial charge in [-0.15, -0.1) is 11.3 Å². The first kappa shape index (κ1) is 16.6. The van der Waals surface area contributed by atoms with Crippen molar-refractivity contribution in [2.75, 3.05) is 11.1 Å². The molecule has 0 saturated carbocycles. The van der Waals surface area contributed by atoms with Crippen LogP contribution >= 0.6 is 23.1 Å². The molecule has 0 aliphatic rings. The van der Waals surface area contributed by atoms with Crippen molar-refractivity contribution < 1.29 is 13.6 Å². The quantitative estimate of drug-likeness (QED) is 0.544. The van der Waals surface area contributed by atoms with Crippen molar-refractivity contribution in [3.05, 3.63) is 41.3 Å². The van der Waals surface area contributed by atoms with Crippen LogP contribution in [0.15, 0.2) is 34.8 Å². The summed E-state index contributed by atoms with van der Waals surface area (Å²) >= 11 is 2.51. The summed E-state index contributed by atoms with van der Waals surface area (Å²) in [5, 5.41) is 4.71. The maximum Gasteiger partial charge on any atom is 0.237 e. The number of nitrogens with one attached hydrogen (secondary N) is 1. The van der Waals surface area contributed by atoms with Crippen molar-refractivity contribution in [3.8, 4) is 0 Å². The van der Waals surface area contributed by atoms with Crippen LogP contribution in [-0.4, -0.2) is 21.1 Å². The average molecular weight is 366 g/mol. The zero-order valence-electron chi connectivity index (χ0n) is 12.4. The van der Waals surface area contributed by atoms with Crippen molar-refractivity contribution in [1.29, 1.82) is 0 Å². The summed E-state index contributed by atoms with van der Waals surface area (Å²) in [6, 6.07) is 4.69. The second kappa shape index (κ2) is 6.70. The van der Waals surface area contributed by atoms with E-state index in [9.17, 15) is 13.6 Å². The van der Waals surface area contributed by atoms with Crippen LogP contribution in [-0.2, 0) is 4.79 Å². The largest absolute Gasteiger partial charge is 0.383 e. The molecule has 0 aliphatic heterocycles. The van der Waals surface area contributed by atoms with E-state index in [-0.39, 0.29) is 5.69 Å². The molecule has 2 heterocycles. The lowest BCUT2D eigenvalue weighted by Gasteiger charge is -2.12. The van der Waals surface area contributed by atoms with Gasteiger partial charge in [0.2, 0.25) is 5.91 Å². The van der Waals surface area contributed by atoms with Gasteiger partial charge in [0.05, 0.1) is 16.3 Å². The van der Waals surface area contributed by atoms with E-state index in [0.29, 0.717) is 11.0 Å². The minimum atomic E-state index is -0.706. The van der Waals surface area contributed by atoms with Crippen LogP contribution in [0.5, 0.6) is 0 Å². The fraction of sp³-hybridized carbons (Fsp3) is 0.133. The molecule has 1 atom stereocenters. The number of hydrogen-bond acceptors (Lipinski definition) is 6. The van der Waals surface area contributed by atoms with E-state index in [1.165, 1.54) is 11.3 Å². The minimum Gasteiger partial charge on any atom is -0.383 e. The number of carbonyl (C=O) groups excluding carboxylic acids is 1. The highest BCUT2D eigenvalue weighted by Crippen LogP contribution is 2.28. The molecule has 9 heteroatoms. The SMILES string of the molecule is CC(Sc1nc(N)c2ccsc2n1)C(=O)Nc1cc(F)ccc1F. The van der Waals surface area contributed by atoms with Crippen LogP contribution in [0.2, 0.25) is 0 Å². The van der Waals surface area contributed by atoms with Gasteiger partial charge in [0, 0.05) is 6.07 Å². The van der Waals surface area contributed by atoms with Crippen molar-refractivity contribution >= 4 is 50.7 Å². The highest BCUT2D eigenvalue weighted by Gasteiger charge is 2.19. The standard InChI is InChI=1S/C15H12F2N4OS2/c1-7(13(22)19-11-6-8(16)2-3-10(11)17)24-15-20-12(18)9-4-5-23-14(9)21-15/h2-7H,1H3,(H,19,22)(H2,18,20,21). The number of aromatic nitrogens is 2. The van der Waals surface area contributed by atoms with E-state index in [0.717, 1.165) is 40.2 Å². The van der Waals surface area contributed by atoms with Crippen molar-refractivity contribution in [1.82, 2.24) is 9.97 Å². The van der Waals surface area contributed by atoms with E-state index in [4.69, 9.17) is 5.73 Å². The van der Waals surface area contributed by atoms with Gasteiger partial charge < -0.3 is 11.1 Å². The lowest BCUT2D eigenvalue weighted by atomic mass is 10.3. The molecule has 3 N–H and O–H groups in total. The molecule has 0 spiro atoms. The molecule has 0 radical (unpaired) electrons. The summed E-state index contributed by atoms with van der Waals surface area (Å²) in [6.45, 7) is 1.62. The normalized spacial score (nSPS) is 12.3. The maximum atomic E-state index is 13.6. The molecule has 1 aromatic carbocycles. The molecular formula is C15H12F2N4OS2. The Bertz CT molecular complexity index is 916. The monoisotopic (exact) mass is 366 g/mol. The Labute approximate surface area is 144 Å². The second-order valence-corrected chi connectivity index (χ2v) is 7.11. The lowest BCUT2D eigenvalue weighted by molar-refractivity contribution is -0.115. The van der Waals surface area contributed by atoms with Crippen LogP contribution in [0.3, 0.4) is 0 Å². The highest BCUT2D eigenvalue weighted by molar-refractivity contribution is 8.00. The summed E-state index contributed by atoms with van der Waals surface area (Å²) in [5.74, 6) is -1.49. The van der Waals surface area contributed by atoms with Crippen LogP contribution in [0.1, 0.15) is 6.92 Å². The lowest BCUT2D eigenvalue weighted by Crippen LogP contribution is -2.23. The van der Waals surface area contributed by atoms with Gasteiger partial charge in [-0.25, -0.2) is 18.7 Å². The van der Waals surface area contributed by atoms with Gasteiger partial charge in [0.1, 0.15) is 22.3 Å². The Balaban J connectivity index is 1.74. The number of rotatable bonds is 4. The molecule has 5 nitrogen and oxygen atoms in total. The minimum absolute atomic E-state index is 0.207. The maximum absolute atomic E-state index is 13.6. The second-order valence-electron chi connectivity index (χ2n) is 4.90. The number of hydrogen-bond donors (Lipinski definition) is 2. The number of carbonyl (C=O) groups is 1. The number of thioether (sulfide) groups is 1. The number of fused-ring (bicyclic) bond motifs is 1. The zero-order valence-corrected chi connectivity index (χ0v) is 14.0. The number of nitrogen functional groups attached to an aromatic ring is 1. The van der Waals surface area contributed by atoms with Crippen molar-refractivity contribution in [3.63, 3.8) is 0 Å². The molecule has 24 heavy (non-hydrogen) atoms. The third kappa shape index (κ3) is 3.46. The Morgan fingerprint density at radius 1 is 1.33 bits per heavy atom. The topological polar surface area (TPSA) is 80.9 Å². The van der Waals surface area contributed by atoms with Gasteiger partial charge in [-0.1, -0.05) is 11.8 Å². The van der Waals surface area contributed by atoms with Crippen LogP contribution < -0.4 is 11.1 Å². The summed E-state index contributed by atoms with van der Waals surface area (Å²) < 4.78 is 26.7. The fourth-order valence-corrected chi connectivity index (χ4v) is 3.56. The molecule has 0 saturated heterocycles. The Hall–Kier alpha value is -2.26. The number of nitrogens with zero attached hydrogens (tertiary/aromatic N) is 2. The molecule has 0 aliphatic carbocycles. The number of amides is 1. The predicted octanol–water partition coefficient (Wildman–Crippen LogP) is 3.67. The Morgan fingerprint density at radius 2 is 2.12 bits per heavy atom. The van der Waals surface area contributed by atoms with E-state index in [2.05, 4.69) is 15.3 Å².